The molecule has 0 aliphatic rings. The van der Waals surface area contributed by atoms with E-state index in [4.69, 9.17) is 0 Å². The first kappa shape index (κ1) is 18.2. The van der Waals surface area contributed by atoms with E-state index in [1.54, 1.807) is 0 Å². The highest BCUT2D eigenvalue weighted by Crippen LogP contribution is 2.26. The Morgan fingerprint density at radius 3 is 2.82 bits per heavy atom. The number of nitrogens with zero attached hydrogens (tertiary/aromatic N) is 4. The topological polar surface area (TPSA) is 64.2 Å². The van der Waals surface area contributed by atoms with Crippen molar-refractivity contribution < 1.29 is 4.79 Å². The molecule has 0 bridgehead atoms. The number of carbonyl (C=O) groups is 1. The fraction of sp³-hybridized carbons (Fsp3) is 0.318. The van der Waals surface area contributed by atoms with Gasteiger partial charge in [0.2, 0.25) is 0 Å². The van der Waals surface area contributed by atoms with Crippen LogP contribution in [0.4, 0.5) is 0 Å². The van der Waals surface area contributed by atoms with Crippen molar-refractivity contribution in [2.24, 2.45) is 0 Å². The molecule has 4 aromatic rings. The van der Waals surface area contributed by atoms with Gasteiger partial charge in [-0.25, -0.2) is 0 Å². The van der Waals surface area contributed by atoms with Gasteiger partial charge in [-0.2, -0.15) is 0 Å². The Kier molecular flexibility index (Phi) is 4.86. The molecule has 0 saturated carbocycles. The molecule has 6 nitrogen and oxygen atoms in total. The van der Waals surface area contributed by atoms with E-state index in [-0.39, 0.29) is 5.91 Å². The first-order valence-electron chi connectivity index (χ1n) is 9.76. The molecule has 1 aromatic carbocycles. The molecule has 1 amide bonds. The minimum atomic E-state index is -0.0331. The highest BCUT2D eigenvalue weighted by molar-refractivity contribution is 5.99. The second kappa shape index (κ2) is 7.46. The average molecular weight is 375 g/mol. The third-order valence-corrected chi connectivity index (χ3v) is 5.46. The number of fused-ring (bicyclic) bond motifs is 2. The Morgan fingerprint density at radius 1 is 1.14 bits per heavy atom. The zero-order valence-electron chi connectivity index (χ0n) is 16.6. The molecule has 0 fully saturated rings. The molecule has 0 aliphatic heterocycles. The number of rotatable bonds is 6. The zero-order valence-corrected chi connectivity index (χ0v) is 16.6. The number of aryl methyl sites for hydroxylation is 3. The summed E-state index contributed by atoms with van der Waals surface area (Å²) in [6.07, 6.45) is 3.54. The third-order valence-electron chi connectivity index (χ3n) is 5.46. The largest absolute Gasteiger partial charge is 0.352 e. The minimum Gasteiger partial charge on any atom is -0.352 e. The molecule has 3 heterocycles. The van der Waals surface area contributed by atoms with Crippen LogP contribution in [0.2, 0.25) is 0 Å². The summed E-state index contributed by atoms with van der Waals surface area (Å²) in [6, 6.07) is 11.8. The summed E-state index contributed by atoms with van der Waals surface area (Å²) in [5.41, 5.74) is 5.24. The van der Waals surface area contributed by atoms with E-state index < -0.39 is 0 Å². The Balaban J connectivity index is 1.40. The Labute approximate surface area is 164 Å². The van der Waals surface area contributed by atoms with Gasteiger partial charge in [-0.1, -0.05) is 6.07 Å². The van der Waals surface area contributed by atoms with Crippen LogP contribution in [0, 0.1) is 13.8 Å². The molecule has 28 heavy (non-hydrogen) atoms. The molecule has 3 aromatic heterocycles. The van der Waals surface area contributed by atoms with Crippen molar-refractivity contribution in [1.82, 2.24) is 24.5 Å². The SMILES string of the molecule is CCn1c(C)c(C)c2cc(C(=O)NCCCc3nnc4ccccn34)ccc21. The van der Waals surface area contributed by atoms with E-state index in [0.29, 0.717) is 12.1 Å². The number of pyridine rings is 1. The van der Waals surface area contributed by atoms with Crippen molar-refractivity contribution in [2.45, 2.75) is 40.2 Å². The lowest BCUT2D eigenvalue weighted by Crippen LogP contribution is -2.24. The van der Waals surface area contributed by atoms with Crippen molar-refractivity contribution in [3.05, 3.63) is 65.2 Å². The predicted octanol–water partition coefficient (Wildman–Crippen LogP) is 3.68. The molecular formula is C22H25N5O. The van der Waals surface area contributed by atoms with Crippen molar-refractivity contribution in [1.29, 1.82) is 0 Å². The molecule has 0 radical (unpaired) electrons. The molecule has 0 unspecified atom stereocenters. The number of hydrogen-bond acceptors (Lipinski definition) is 3. The normalized spacial score (nSPS) is 11.4. The molecule has 144 valence electrons. The van der Waals surface area contributed by atoms with Gasteiger partial charge in [0, 0.05) is 47.9 Å². The van der Waals surface area contributed by atoms with Crippen LogP contribution in [0.15, 0.2) is 42.6 Å². The second-order valence-corrected chi connectivity index (χ2v) is 7.09. The van der Waals surface area contributed by atoms with E-state index in [2.05, 4.69) is 46.9 Å². The molecular weight excluding hydrogens is 350 g/mol. The minimum absolute atomic E-state index is 0.0331. The fourth-order valence-corrected chi connectivity index (χ4v) is 3.81. The summed E-state index contributed by atoms with van der Waals surface area (Å²) in [4.78, 5) is 12.6. The zero-order chi connectivity index (χ0) is 19.7. The number of benzene rings is 1. The summed E-state index contributed by atoms with van der Waals surface area (Å²) in [7, 11) is 0. The first-order valence-corrected chi connectivity index (χ1v) is 9.76. The maximum atomic E-state index is 12.6. The second-order valence-electron chi connectivity index (χ2n) is 7.09. The van der Waals surface area contributed by atoms with Crippen LogP contribution >= 0.6 is 0 Å². The lowest BCUT2D eigenvalue weighted by molar-refractivity contribution is 0.0953. The molecule has 1 N–H and O–H groups in total. The molecule has 0 atom stereocenters. The van der Waals surface area contributed by atoms with Crippen molar-refractivity contribution >= 4 is 22.5 Å². The Bertz CT molecular complexity index is 1150. The van der Waals surface area contributed by atoms with Crippen LogP contribution in [0.1, 0.15) is 40.8 Å². The van der Waals surface area contributed by atoms with Crippen LogP contribution in [0.5, 0.6) is 0 Å². The quantitative estimate of drug-likeness (QED) is 0.523. The first-order chi connectivity index (χ1) is 13.6. The maximum absolute atomic E-state index is 12.6. The van der Waals surface area contributed by atoms with E-state index >= 15 is 0 Å². The fourth-order valence-electron chi connectivity index (χ4n) is 3.81. The number of nitrogens with one attached hydrogen (secondary N) is 1. The van der Waals surface area contributed by atoms with E-state index in [0.717, 1.165) is 36.2 Å². The highest BCUT2D eigenvalue weighted by Gasteiger charge is 2.13. The van der Waals surface area contributed by atoms with Gasteiger partial charge in [-0.3, -0.25) is 9.20 Å². The number of hydrogen-bond donors (Lipinski definition) is 1. The van der Waals surface area contributed by atoms with E-state index in [9.17, 15) is 4.79 Å². The van der Waals surface area contributed by atoms with Gasteiger partial charge in [0.05, 0.1) is 0 Å². The summed E-state index contributed by atoms with van der Waals surface area (Å²) >= 11 is 0. The highest BCUT2D eigenvalue weighted by atomic mass is 16.1. The maximum Gasteiger partial charge on any atom is 0.251 e. The summed E-state index contributed by atoms with van der Waals surface area (Å²) in [6.45, 7) is 7.93. The van der Waals surface area contributed by atoms with Crippen LogP contribution in [-0.2, 0) is 13.0 Å². The summed E-state index contributed by atoms with van der Waals surface area (Å²) in [5.74, 6) is 0.882. The van der Waals surface area contributed by atoms with Gasteiger partial charge in [-0.05, 0) is 63.1 Å². The lowest BCUT2D eigenvalue weighted by Gasteiger charge is -2.07. The monoisotopic (exact) mass is 375 g/mol. The van der Waals surface area contributed by atoms with Crippen LogP contribution in [-0.4, -0.2) is 31.6 Å². The van der Waals surface area contributed by atoms with Crippen molar-refractivity contribution in [3.8, 4) is 0 Å². The Morgan fingerprint density at radius 2 is 2.00 bits per heavy atom. The van der Waals surface area contributed by atoms with Gasteiger partial charge in [0.25, 0.3) is 5.91 Å². The molecule has 0 aliphatic carbocycles. The van der Waals surface area contributed by atoms with Gasteiger partial charge >= 0.3 is 0 Å². The van der Waals surface area contributed by atoms with Crippen LogP contribution < -0.4 is 5.32 Å². The smallest absolute Gasteiger partial charge is 0.251 e. The van der Waals surface area contributed by atoms with Gasteiger partial charge in [0.1, 0.15) is 5.82 Å². The molecule has 0 spiro atoms. The van der Waals surface area contributed by atoms with Gasteiger partial charge in [-0.15, -0.1) is 10.2 Å². The van der Waals surface area contributed by atoms with Crippen molar-refractivity contribution in [3.63, 3.8) is 0 Å². The lowest BCUT2D eigenvalue weighted by atomic mass is 10.1. The standard InChI is InChI=1S/C22H25N5O/c1-4-26-16(3)15(2)18-14-17(10-11-19(18)26)22(28)23-12-7-9-21-25-24-20-8-5-6-13-27(20)21/h5-6,8,10-11,13-14H,4,7,9,12H2,1-3H3,(H,23,28). The van der Waals surface area contributed by atoms with Crippen LogP contribution in [0.3, 0.4) is 0 Å². The van der Waals surface area contributed by atoms with E-state index in [1.807, 2.05) is 40.9 Å². The number of carbonyl (C=O) groups excluding carboxylic acids is 1. The summed E-state index contributed by atoms with van der Waals surface area (Å²) < 4.78 is 4.27. The molecule has 4 rings (SSSR count). The summed E-state index contributed by atoms with van der Waals surface area (Å²) in [5, 5.41) is 12.6. The van der Waals surface area contributed by atoms with Gasteiger partial charge in [0.15, 0.2) is 5.65 Å². The number of amides is 1. The van der Waals surface area contributed by atoms with Crippen LogP contribution in [0.25, 0.3) is 16.6 Å². The predicted molar refractivity (Wildman–Crippen MR) is 111 cm³/mol. The van der Waals surface area contributed by atoms with E-state index in [1.165, 1.54) is 16.8 Å². The third kappa shape index (κ3) is 3.15. The van der Waals surface area contributed by atoms with Crippen molar-refractivity contribution in [2.75, 3.05) is 6.54 Å². The Hall–Kier alpha value is -3.15. The average Bonchev–Trinajstić information content (AvgIpc) is 3.24. The number of aromatic nitrogens is 4. The molecule has 6 heteroatoms. The van der Waals surface area contributed by atoms with Gasteiger partial charge < -0.3 is 9.88 Å². The molecule has 0 saturated heterocycles.